The van der Waals surface area contributed by atoms with E-state index in [1.165, 1.54) is 6.20 Å². The molecule has 2 aromatic heterocycles. The Hall–Kier alpha value is -3.56. The number of halogens is 3. The number of ether oxygens (including phenoxy) is 1. The van der Waals surface area contributed by atoms with Crippen LogP contribution in [0.2, 0.25) is 0 Å². The van der Waals surface area contributed by atoms with Crippen molar-refractivity contribution < 1.29 is 27.8 Å². The third-order valence-corrected chi connectivity index (χ3v) is 5.25. The molecule has 1 saturated heterocycles. The zero-order valence-corrected chi connectivity index (χ0v) is 17.0. The Kier molecular flexibility index (Phi) is 6.02. The Balaban J connectivity index is 1.31. The molecule has 1 aliphatic rings. The minimum Gasteiger partial charge on any atom is -0.490 e. The van der Waals surface area contributed by atoms with Crippen LogP contribution in [-0.2, 0) is 17.4 Å². The highest BCUT2D eigenvalue weighted by molar-refractivity contribution is 5.70. The number of aromatic amines is 1. The van der Waals surface area contributed by atoms with Gasteiger partial charge in [0.15, 0.2) is 0 Å². The summed E-state index contributed by atoms with van der Waals surface area (Å²) < 4.78 is 44.2. The second-order valence-electron chi connectivity index (χ2n) is 7.57. The number of piperidine rings is 1. The van der Waals surface area contributed by atoms with E-state index >= 15 is 0 Å². The van der Waals surface area contributed by atoms with Crippen molar-refractivity contribution in [3.05, 3.63) is 60.0 Å². The minimum atomic E-state index is -4.47. The Morgan fingerprint density at radius 2 is 1.81 bits per heavy atom. The zero-order chi connectivity index (χ0) is 22.7. The van der Waals surface area contributed by atoms with Gasteiger partial charge in [-0.25, -0.2) is 9.97 Å². The van der Waals surface area contributed by atoms with E-state index in [9.17, 15) is 18.0 Å². The molecule has 4 rings (SSSR count). The van der Waals surface area contributed by atoms with Gasteiger partial charge in [0.05, 0.1) is 12.6 Å². The van der Waals surface area contributed by atoms with Gasteiger partial charge in [-0.3, -0.25) is 4.79 Å². The molecule has 0 spiro atoms. The summed E-state index contributed by atoms with van der Waals surface area (Å²) in [7, 11) is 0. The van der Waals surface area contributed by atoms with Crippen LogP contribution in [0.1, 0.15) is 24.1 Å². The average Bonchev–Trinajstić information content (AvgIpc) is 3.27. The van der Waals surface area contributed by atoms with E-state index in [1.54, 1.807) is 36.4 Å². The van der Waals surface area contributed by atoms with Crippen molar-refractivity contribution in [2.75, 3.05) is 18.0 Å². The van der Waals surface area contributed by atoms with E-state index in [2.05, 4.69) is 19.9 Å². The molecule has 1 fully saturated rings. The molecule has 0 aliphatic carbocycles. The van der Waals surface area contributed by atoms with E-state index in [0.29, 0.717) is 11.3 Å². The van der Waals surface area contributed by atoms with Gasteiger partial charge in [0, 0.05) is 37.7 Å². The SMILES string of the molecule is O=C(O)Cc1ccc(OC2CCN(c3ccc(-c4ncc(C(F)(F)F)[nH]4)cn3)CC2)cc1. The second kappa shape index (κ2) is 8.89. The van der Waals surface area contributed by atoms with Gasteiger partial charge in [0.25, 0.3) is 0 Å². The van der Waals surface area contributed by atoms with Gasteiger partial charge in [-0.2, -0.15) is 13.2 Å². The Morgan fingerprint density at radius 1 is 1.09 bits per heavy atom. The quantitative estimate of drug-likeness (QED) is 0.591. The van der Waals surface area contributed by atoms with Crippen molar-refractivity contribution >= 4 is 11.8 Å². The van der Waals surface area contributed by atoms with Crippen LogP contribution in [0.4, 0.5) is 19.0 Å². The van der Waals surface area contributed by atoms with E-state index in [1.807, 2.05) is 0 Å². The van der Waals surface area contributed by atoms with Crippen LogP contribution in [0.25, 0.3) is 11.4 Å². The number of carbonyl (C=O) groups is 1. The molecule has 2 N–H and O–H groups in total. The lowest BCUT2D eigenvalue weighted by Gasteiger charge is -2.33. The fraction of sp³-hybridized carbons (Fsp3) is 0.318. The third kappa shape index (κ3) is 5.19. The number of hydrogen-bond donors (Lipinski definition) is 2. The van der Waals surface area contributed by atoms with E-state index < -0.39 is 17.8 Å². The number of pyridine rings is 1. The molecule has 3 aromatic rings. The van der Waals surface area contributed by atoms with Crippen LogP contribution >= 0.6 is 0 Å². The Labute approximate surface area is 181 Å². The maximum Gasteiger partial charge on any atom is 0.432 e. The fourth-order valence-electron chi connectivity index (χ4n) is 3.58. The van der Waals surface area contributed by atoms with Crippen LogP contribution in [0.3, 0.4) is 0 Å². The van der Waals surface area contributed by atoms with E-state index in [-0.39, 0.29) is 18.3 Å². The number of benzene rings is 1. The number of carboxylic acids is 1. The number of aromatic nitrogens is 3. The fourth-order valence-corrected chi connectivity index (χ4v) is 3.58. The lowest BCUT2D eigenvalue weighted by molar-refractivity contribution is -0.141. The van der Waals surface area contributed by atoms with Crippen LogP contribution in [0, 0.1) is 0 Å². The maximum atomic E-state index is 12.7. The number of alkyl halides is 3. The molecule has 10 heteroatoms. The molecule has 0 amide bonds. The molecule has 1 aromatic carbocycles. The molecular formula is C22H21F3N4O3. The van der Waals surface area contributed by atoms with Crippen molar-refractivity contribution in [3.63, 3.8) is 0 Å². The summed E-state index contributed by atoms with van der Waals surface area (Å²) in [4.78, 5) is 23.3. The van der Waals surface area contributed by atoms with Gasteiger partial charge in [-0.05, 0) is 29.8 Å². The molecule has 7 nitrogen and oxygen atoms in total. The molecule has 0 atom stereocenters. The topological polar surface area (TPSA) is 91.3 Å². The molecule has 0 radical (unpaired) electrons. The molecule has 0 saturated carbocycles. The number of nitrogens with one attached hydrogen (secondary N) is 1. The summed E-state index contributed by atoms with van der Waals surface area (Å²) in [5.41, 5.74) is 0.308. The summed E-state index contributed by atoms with van der Waals surface area (Å²) in [6.07, 6.45) is -0.594. The van der Waals surface area contributed by atoms with Crippen molar-refractivity contribution in [1.29, 1.82) is 0 Å². The number of rotatable bonds is 6. The van der Waals surface area contributed by atoms with Crippen molar-refractivity contribution in [1.82, 2.24) is 15.0 Å². The van der Waals surface area contributed by atoms with Gasteiger partial charge in [0.2, 0.25) is 0 Å². The number of H-pyrrole nitrogens is 1. The number of aliphatic carboxylic acids is 1. The van der Waals surface area contributed by atoms with Crippen molar-refractivity contribution in [3.8, 4) is 17.1 Å². The molecule has 32 heavy (non-hydrogen) atoms. The summed E-state index contributed by atoms with van der Waals surface area (Å²) >= 11 is 0. The molecule has 0 unspecified atom stereocenters. The van der Waals surface area contributed by atoms with Crippen LogP contribution in [-0.4, -0.2) is 45.2 Å². The first kappa shape index (κ1) is 21.7. The lowest BCUT2D eigenvalue weighted by Crippen LogP contribution is -2.38. The second-order valence-corrected chi connectivity index (χ2v) is 7.57. The molecule has 3 heterocycles. The van der Waals surface area contributed by atoms with Gasteiger partial charge in [-0.15, -0.1) is 0 Å². The standard InChI is InChI=1S/C22H21F3N4O3/c23-22(24,25)18-13-27-21(28-18)15-3-6-19(26-12-15)29-9-7-17(8-10-29)32-16-4-1-14(2-5-16)11-20(30)31/h1-6,12-13,17H,7-11H2,(H,27,28)(H,30,31). The zero-order valence-electron chi connectivity index (χ0n) is 17.0. The first-order chi connectivity index (χ1) is 15.3. The van der Waals surface area contributed by atoms with Crippen molar-refractivity contribution in [2.24, 2.45) is 0 Å². The van der Waals surface area contributed by atoms with Crippen molar-refractivity contribution in [2.45, 2.75) is 31.5 Å². The summed E-state index contributed by atoms with van der Waals surface area (Å²) in [6, 6.07) is 10.5. The van der Waals surface area contributed by atoms with Crippen LogP contribution in [0.5, 0.6) is 5.75 Å². The van der Waals surface area contributed by atoms with Gasteiger partial charge in [0.1, 0.15) is 29.2 Å². The molecule has 0 bridgehead atoms. The number of carboxylic acid groups (broad SMARTS) is 1. The maximum absolute atomic E-state index is 12.7. The average molecular weight is 446 g/mol. The number of imidazole rings is 1. The van der Waals surface area contributed by atoms with E-state index in [0.717, 1.165) is 43.5 Å². The summed E-state index contributed by atoms with van der Waals surface area (Å²) in [5.74, 6) is 0.699. The number of hydrogen-bond acceptors (Lipinski definition) is 5. The predicted octanol–water partition coefficient (Wildman–Crippen LogP) is 4.17. The highest BCUT2D eigenvalue weighted by Crippen LogP contribution is 2.30. The Morgan fingerprint density at radius 3 is 2.38 bits per heavy atom. The first-order valence-electron chi connectivity index (χ1n) is 10.1. The molecule has 1 aliphatic heterocycles. The van der Waals surface area contributed by atoms with E-state index in [4.69, 9.17) is 9.84 Å². The molecule has 168 valence electrons. The van der Waals surface area contributed by atoms with Crippen LogP contribution < -0.4 is 9.64 Å². The minimum absolute atomic E-state index is 0.0200. The highest BCUT2D eigenvalue weighted by Gasteiger charge is 2.33. The number of anilines is 1. The highest BCUT2D eigenvalue weighted by atomic mass is 19.4. The monoisotopic (exact) mass is 446 g/mol. The lowest BCUT2D eigenvalue weighted by atomic mass is 10.1. The third-order valence-electron chi connectivity index (χ3n) is 5.25. The first-order valence-corrected chi connectivity index (χ1v) is 10.1. The number of nitrogens with zero attached hydrogens (tertiary/aromatic N) is 3. The Bertz CT molecular complexity index is 1060. The summed E-state index contributed by atoms with van der Waals surface area (Å²) in [5, 5.41) is 8.83. The van der Waals surface area contributed by atoms with Crippen LogP contribution in [0.15, 0.2) is 48.8 Å². The normalized spacial score (nSPS) is 15.0. The predicted molar refractivity (Wildman–Crippen MR) is 110 cm³/mol. The summed E-state index contributed by atoms with van der Waals surface area (Å²) in [6.45, 7) is 1.46. The van der Waals surface area contributed by atoms with Gasteiger partial charge < -0.3 is 19.7 Å². The van der Waals surface area contributed by atoms with Gasteiger partial charge in [-0.1, -0.05) is 12.1 Å². The molecular weight excluding hydrogens is 425 g/mol. The van der Waals surface area contributed by atoms with Gasteiger partial charge >= 0.3 is 12.1 Å². The smallest absolute Gasteiger partial charge is 0.432 e. The largest absolute Gasteiger partial charge is 0.490 e.